The number of rotatable bonds is 8. The summed E-state index contributed by atoms with van der Waals surface area (Å²) in [5, 5.41) is 0.552. The van der Waals surface area contributed by atoms with Gasteiger partial charge in [0.1, 0.15) is 22.6 Å². The van der Waals surface area contributed by atoms with Crippen LogP contribution in [0.1, 0.15) is 41.1 Å². The van der Waals surface area contributed by atoms with Gasteiger partial charge in [0.2, 0.25) is 0 Å². The molecule has 0 amide bonds. The Labute approximate surface area is 201 Å². The summed E-state index contributed by atoms with van der Waals surface area (Å²) < 4.78 is 75.3. The molecule has 3 aromatic rings. The number of benzene rings is 2. The van der Waals surface area contributed by atoms with Crippen molar-refractivity contribution in [1.29, 1.82) is 0 Å². The molecule has 35 heavy (non-hydrogen) atoms. The molecule has 1 unspecified atom stereocenters. The van der Waals surface area contributed by atoms with Gasteiger partial charge in [-0.1, -0.05) is 19.1 Å². The zero-order valence-corrected chi connectivity index (χ0v) is 19.3. The van der Waals surface area contributed by atoms with Gasteiger partial charge < -0.3 is 9.47 Å². The van der Waals surface area contributed by atoms with E-state index in [0.717, 1.165) is 17.0 Å². The highest BCUT2D eigenvalue weighted by Crippen LogP contribution is 2.38. The largest absolute Gasteiger partial charge is 0.485 e. The van der Waals surface area contributed by atoms with Gasteiger partial charge in [0.05, 0.1) is 21.7 Å². The molecule has 0 saturated carbocycles. The molecule has 1 aromatic heterocycles. The zero-order valence-electron chi connectivity index (χ0n) is 18.5. The average molecular weight is 513 g/mol. The maximum atomic E-state index is 13.0. The molecule has 0 saturated heterocycles. The van der Waals surface area contributed by atoms with Crippen LogP contribution in [0.4, 0.5) is 22.0 Å². The number of hydrogen-bond acceptors (Lipinski definition) is 7. The van der Waals surface area contributed by atoms with Crippen LogP contribution in [-0.4, -0.2) is 24.2 Å². The molecule has 0 aliphatic carbocycles. The summed E-state index contributed by atoms with van der Waals surface area (Å²) in [6.45, 7) is 0.667. The molecule has 1 atom stereocenters. The molecular formula is C23H20F5N3O3S. The standard InChI is InChI=1S/C23H20F5N3O3S/c1-3-17(19-12(2)30-21(35-19)13-4-6-14(7-5-13)23(26,27)28)33-15-8-9-16(20-29-11-32-31-20)18(10-15)34-22(24)25/h4-10,17,22H,3,11H2,1-2H3,(H,29,31). The van der Waals surface area contributed by atoms with Crippen molar-refractivity contribution in [2.75, 3.05) is 6.73 Å². The molecule has 0 fully saturated rings. The van der Waals surface area contributed by atoms with Crippen LogP contribution >= 0.6 is 11.3 Å². The number of thiazole rings is 1. The molecule has 0 bridgehead atoms. The Balaban J connectivity index is 1.58. The lowest BCUT2D eigenvalue weighted by Gasteiger charge is -2.18. The lowest BCUT2D eigenvalue weighted by atomic mass is 10.1. The van der Waals surface area contributed by atoms with Gasteiger partial charge in [0.15, 0.2) is 12.6 Å². The Morgan fingerprint density at radius 2 is 1.86 bits per heavy atom. The normalized spacial score (nSPS) is 14.6. The van der Waals surface area contributed by atoms with E-state index in [4.69, 9.17) is 9.57 Å². The Kier molecular flexibility index (Phi) is 7.22. The molecule has 1 N–H and O–H groups in total. The van der Waals surface area contributed by atoms with Crippen LogP contribution in [0.5, 0.6) is 11.5 Å². The van der Waals surface area contributed by atoms with Crippen LogP contribution in [0.15, 0.2) is 47.5 Å². The third-order valence-corrected chi connectivity index (χ3v) is 6.41. The molecule has 2 heterocycles. The van der Waals surface area contributed by atoms with Gasteiger partial charge in [-0.3, -0.25) is 4.84 Å². The van der Waals surface area contributed by atoms with E-state index in [1.807, 2.05) is 6.92 Å². The van der Waals surface area contributed by atoms with Crippen molar-refractivity contribution in [3.63, 3.8) is 0 Å². The summed E-state index contributed by atoms with van der Waals surface area (Å²) in [5.41, 5.74) is 3.31. The van der Waals surface area contributed by atoms with Gasteiger partial charge in [-0.25, -0.2) is 15.5 Å². The van der Waals surface area contributed by atoms with Crippen molar-refractivity contribution < 1.29 is 36.3 Å². The fourth-order valence-corrected chi connectivity index (χ4v) is 4.64. The molecule has 1 aliphatic rings. The number of aliphatic imine (C=N–C) groups is 1. The summed E-state index contributed by atoms with van der Waals surface area (Å²) >= 11 is 1.30. The summed E-state index contributed by atoms with van der Waals surface area (Å²) in [6, 6.07) is 9.27. The quantitative estimate of drug-likeness (QED) is 0.348. The summed E-state index contributed by atoms with van der Waals surface area (Å²) in [4.78, 5) is 14.2. The van der Waals surface area contributed by atoms with E-state index < -0.39 is 24.5 Å². The molecule has 1 aliphatic heterocycles. The summed E-state index contributed by atoms with van der Waals surface area (Å²) in [5.74, 6) is 0.425. The van der Waals surface area contributed by atoms with Gasteiger partial charge >= 0.3 is 12.8 Å². The van der Waals surface area contributed by atoms with Crippen molar-refractivity contribution in [2.24, 2.45) is 4.99 Å². The van der Waals surface area contributed by atoms with Crippen molar-refractivity contribution in [2.45, 2.75) is 39.2 Å². The van der Waals surface area contributed by atoms with Crippen molar-refractivity contribution in [3.8, 4) is 22.1 Å². The van der Waals surface area contributed by atoms with Crippen LogP contribution in [0.25, 0.3) is 10.6 Å². The number of alkyl halides is 5. The van der Waals surface area contributed by atoms with Crippen molar-refractivity contribution >= 4 is 17.2 Å². The highest BCUT2D eigenvalue weighted by Gasteiger charge is 2.30. The maximum absolute atomic E-state index is 13.0. The van der Waals surface area contributed by atoms with E-state index in [2.05, 4.69) is 20.2 Å². The van der Waals surface area contributed by atoms with Crippen LogP contribution in [0, 0.1) is 6.92 Å². The van der Waals surface area contributed by atoms with Gasteiger partial charge in [0, 0.05) is 11.6 Å². The third-order valence-electron chi connectivity index (χ3n) is 5.11. The molecule has 2 aromatic carbocycles. The first kappa shape index (κ1) is 24.9. The minimum Gasteiger partial charge on any atom is -0.485 e. The highest BCUT2D eigenvalue weighted by atomic mass is 32.1. The highest BCUT2D eigenvalue weighted by molar-refractivity contribution is 7.15. The van der Waals surface area contributed by atoms with Crippen molar-refractivity contribution in [1.82, 2.24) is 10.5 Å². The smallest absolute Gasteiger partial charge is 0.416 e. The predicted molar refractivity (Wildman–Crippen MR) is 120 cm³/mol. The number of aromatic nitrogens is 1. The second-order valence-corrected chi connectivity index (χ2v) is 8.51. The number of aryl methyl sites for hydroxylation is 1. The second-order valence-electron chi connectivity index (χ2n) is 7.48. The van der Waals surface area contributed by atoms with E-state index in [9.17, 15) is 22.0 Å². The van der Waals surface area contributed by atoms with Crippen LogP contribution in [-0.2, 0) is 11.0 Å². The van der Waals surface area contributed by atoms with E-state index >= 15 is 0 Å². The Morgan fingerprint density at radius 1 is 1.11 bits per heavy atom. The number of nitrogens with zero attached hydrogens (tertiary/aromatic N) is 2. The number of hydrogen-bond donors (Lipinski definition) is 1. The minimum absolute atomic E-state index is 0.0472. The number of halogens is 5. The van der Waals surface area contributed by atoms with E-state index in [1.54, 1.807) is 13.0 Å². The molecular weight excluding hydrogens is 493 g/mol. The van der Waals surface area contributed by atoms with Crippen molar-refractivity contribution in [3.05, 3.63) is 64.2 Å². The monoisotopic (exact) mass is 513 g/mol. The summed E-state index contributed by atoms with van der Waals surface area (Å²) in [6.07, 6.45) is -4.35. The van der Waals surface area contributed by atoms with Gasteiger partial charge in [-0.2, -0.15) is 22.0 Å². The molecule has 0 spiro atoms. The lowest BCUT2D eigenvalue weighted by molar-refractivity contribution is -0.137. The fraction of sp³-hybridized carbons (Fsp3) is 0.304. The molecule has 4 rings (SSSR count). The fourth-order valence-electron chi connectivity index (χ4n) is 3.45. The van der Waals surface area contributed by atoms with Crippen LogP contribution < -0.4 is 15.0 Å². The van der Waals surface area contributed by atoms with E-state index in [1.165, 1.54) is 35.6 Å². The van der Waals surface area contributed by atoms with E-state index in [-0.39, 0.29) is 18.3 Å². The zero-order chi connectivity index (χ0) is 25.2. The number of hydroxylamine groups is 1. The number of nitrogens with one attached hydrogen (secondary N) is 1. The van der Waals surface area contributed by atoms with Gasteiger partial charge in [-0.05, 0) is 37.6 Å². The molecule has 12 heteroatoms. The van der Waals surface area contributed by atoms with Gasteiger partial charge in [0.25, 0.3) is 0 Å². The number of ether oxygens (including phenoxy) is 2. The topological polar surface area (TPSA) is 65.0 Å². The van der Waals surface area contributed by atoms with Gasteiger partial charge in [-0.15, -0.1) is 11.3 Å². The molecule has 0 radical (unpaired) electrons. The van der Waals surface area contributed by atoms with E-state index in [0.29, 0.717) is 34.0 Å². The molecule has 6 nitrogen and oxygen atoms in total. The maximum Gasteiger partial charge on any atom is 0.416 e. The Morgan fingerprint density at radius 3 is 2.46 bits per heavy atom. The number of amidine groups is 1. The SMILES string of the molecule is CCC(Oc1ccc(C2=NCON2)c(OC(F)F)c1)c1sc(-c2ccc(C(F)(F)F)cc2)nc1C. The Hall–Kier alpha value is -3.25. The average Bonchev–Trinajstić information content (AvgIpc) is 3.47. The van der Waals surface area contributed by atoms with Crippen LogP contribution in [0.2, 0.25) is 0 Å². The first-order valence-corrected chi connectivity index (χ1v) is 11.3. The predicted octanol–water partition coefficient (Wildman–Crippen LogP) is 6.51. The Bertz CT molecular complexity index is 1210. The lowest BCUT2D eigenvalue weighted by Crippen LogP contribution is -2.19. The van der Waals surface area contributed by atoms with Crippen LogP contribution in [0.3, 0.4) is 0 Å². The first-order valence-electron chi connectivity index (χ1n) is 10.5. The summed E-state index contributed by atoms with van der Waals surface area (Å²) in [7, 11) is 0. The minimum atomic E-state index is -4.42. The second kappa shape index (κ2) is 10.2. The first-order chi connectivity index (χ1) is 16.7. The molecule has 186 valence electrons. The third kappa shape index (κ3) is 5.70.